The fraction of sp³-hybridized carbons (Fsp3) is 0.462. The van der Waals surface area contributed by atoms with Crippen LogP contribution >= 0.6 is 0 Å². The lowest BCUT2D eigenvalue weighted by Crippen LogP contribution is -2.47. The number of hydrogen-bond acceptors (Lipinski definition) is 3. The molecule has 0 heterocycles. The summed E-state index contributed by atoms with van der Waals surface area (Å²) in [6, 6.07) is 14.8. The van der Waals surface area contributed by atoms with E-state index in [4.69, 9.17) is 0 Å². The van der Waals surface area contributed by atoms with Crippen LogP contribution in [-0.2, 0) is 16.6 Å². The fourth-order valence-corrected chi connectivity index (χ4v) is 3.21. The zero-order valence-electron chi connectivity index (χ0n) is 20.0. The highest BCUT2D eigenvalue weighted by Crippen LogP contribution is 2.22. The van der Waals surface area contributed by atoms with Gasteiger partial charge in [0.1, 0.15) is 6.04 Å². The van der Waals surface area contributed by atoms with Gasteiger partial charge in [0.05, 0.1) is 0 Å². The summed E-state index contributed by atoms with van der Waals surface area (Å²) in [6.45, 7) is 11.2. The summed E-state index contributed by atoms with van der Waals surface area (Å²) in [5.74, 6) is -0.499. The van der Waals surface area contributed by atoms with Gasteiger partial charge in [0.15, 0.2) is 0 Å². The molecule has 5 heteroatoms. The number of nitrogens with zero attached hydrogens (tertiary/aromatic N) is 1. The van der Waals surface area contributed by atoms with E-state index in [2.05, 4.69) is 36.3 Å². The second kappa shape index (κ2) is 10.6. The van der Waals surface area contributed by atoms with E-state index in [9.17, 15) is 9.59 Å². The van der Waals surface area contributed by atoms with Gasteiger partial charge in [-0.3, -0.25) is 9.59 Å². The van der Waals surface area contributed by atoms with Crippen LogP contribution in [0.25, 0.3) is 0 Å². The second-order valence-corrected chi connectivity index (χ2v) is 9.76. The zero-order valence-corrected chi connectivity index (χ0v) is 20.0. The number of amides is 2. The normalized spacial score (nSPS) is 12.7. The van der Waals surface area contributed by atoms with Gasteiger partial charge in [0.2, 0.25) is 5.91 Å². The quantitative estimate of drug-likeness (QED) is 0.658. The SMILES string of the molecule is CC(C)C(NC(=O)c1ccc(C(C)(C)C)cc1)C(=O)Nc1ccc(CCN(C)C)cc1. The fourth-order valence-electron chi connectivity index (χ4n) is 3.21. The first-order valence-corrected chi connectivity index (χ1v) is 10.9. The minimum Gasteiger partial charge on any atom is -0.340 e. The third-order valence-electron chi connectivity index (χ3n) is 5.32. The molecule has 1 atom stereocenters. The molecule has 168 valence electrons. The van der Waals surface area contributed by atoms with E-state index in [1.807, 2.05) is 76.5 Å². The maximum atomic E-state index is 12.9. The van der Waals surface area contributed by atoms with Crippen molar-refractivity contribution < 1.29 is 9.59 Å². The Kier molecular flexibility index (Phi) is 8.40. The topological polar surface area (TPSA) is 61.4 Å². The molecule has 0 aliphatic rings. The van der Waals surface area contributed by atoms with Crippen LogP contribution in [0.5, 0.6) is 0 Å². The summed E-state index contributed by atoms with van der Waals surface area (Å²) in [6.07, 6.45) is 0.958. The first kappa shape index (κ1) is 24.6. The highest BCUT2D eigenvalue weighted by molar-refractivity contribution is 6.01. The average molecular weight is 424 g/mol. The predicted molar refractivity (Wildman–Crippen MR) is 129 cm³/mol. The van der Waals surface area contributed by atoms with Crippen molar-refractivity contribution in [2.45, 2.75) is 52.5 Å². The molecule has 0 aromatic heterocycles. The second-order valence-electron chi connectivity index (χ2n) is 9.76. The van der Waals surface area contributed by atoms with Crippen LogP contribution in [0.4, 0.5) is 5.69 Å². The molecule has 0 saturated heterocycles. The van der Waals surface area contributed by atoms with Crippen molar-refractivity contribution >= 4 is 17.5 Å². The molecule has 0 bridgehead atoms. The maximum absolute atomic E-state index is 12.9. The number of benzene rings is 2. The van der Waals surface area contributed by atoms with Crippen LogP contribution in [0.1, 0.15) is 56.1 Å². The van der Waals surface area contributed by atoms with Crippen molar-refractivity contribution in [3.8, 4) is 0 Å². The molecule has 0 aliphatic heterocycles. The molecule has 0 saturated carbocycles. The Morgan fingerprint density at radius 1 is 0.935 bits per heavy atom. The zero-order chi connectivity index (χ0) is 23.2. The third-order valence-corrected chi connectivity index (χ3v) is 5.32. The Hall–Kier alpha value is -2.66. The molecule has 2 N–H and O–H groups in total. The van der Waals surface area contributed by atoms with E-state index < -0.39 is 6.04 Å². The molecule has 0 spiro atoms. The predicted octanol–water partition coefficient (Wildman–Crippen LogP) is 4.48. The molecule has 0 fully saturated rings. The summed E-state index contributed by atoms with van der Waals surface area (Å²) < 4.78 is 0. The van der Waals surface area contributed by atoms with E-state index in [1.165, 1.54) is 5.56 Å². The van der Waals surface area contributed by atoms with Crippen LogP contribution in [0, 0.1) is 5.92 Å². The van der Waals surface area contributed by atoms with Gasteiger partial charge in [-0.05, 0) is 67.2 Å². The Labute approximate surface area is 187 Å². The van der Waals surface area contributed by atoms with Crippen molar-refractivity contribution in [2.75, 3.05) is 26.0 Å². The van der Waals surface area contributed by atoms with Gasteiger partial charge in [-0.25, -0.2) is 0 Å². The molecule has 0 radical (unpaired) electrons. The van der Waals surface area contributed by atoms with Crippen molar-refractivity contribution in [1.29, 1.82) is 0 Å². The van der Waals surface area contributed by atoms with Gasteiger partial charge in [-0.2, -0.15) is 0 Å². The standard InChI is InChI=1S/C26H37N3O2/c1-18(2)23(28-24(30)20-10-12-21(13-11-20)26(3,4)5)25(31)27-22-14-8-19(9-15-22)16-17-29(6)7/h8-15,18,23H,16-17H2,1-7H3,(H,27,31)(H,28,30). The smallest absolute Gasteiger partial charge is 0.251 e. The van der Waals surface area contributed by atoms with Crippen molar-refractivity contribution in [3.05, 3.63) is 65.2 Å². The lowest BCUT2D eigenvalue weighted by molar-refractivity contribution is -0.118. The average Bonchev–Trinajstić information content (AvgIpc) is 2.70. The Bertz CT molecular complexity index is 863. The van der Waals surface area contributed by atoms with E-state index in [-0.39, 0.29) is 23.1 Å². The number of anilines is 1. The van der Waals surface area contributed by atoms with E-state index in [1.54, 1.807) is 0 Å². The molecule has 2 aromatic carbocycles. The molecule has 31 heavy (non-hydrogen) atoms. The summed E-state index contributed by atoms with van der Waals surface area (Å²) in [5.41, 5.74) is 3.69. The van der Waals surface area contributed by atoms with E-state index in [0.29, 0.717) is 5.56 Å². The van der Waals surface area contributed by atoms with E-state index >= 15 is 0 Å². The van der Waals surface area contributed by atoms with Crippen LogP contribution in [0.3, 0.4) is 0 Å². The van der Waals surface area contributed by atoms with Gasteiger partial charge >= 0.3 is 0 Å². The minimum atomic E-state index is -0.622. The molecule has 2 amide bonds. The molecular formula is C26H37N3O2. The molecule has 2 aromatic rings. The maximum Gasteiger partial charge on any atom is 0.251 e. The molecule has 1 unspecified atom stereocenters. The molecule has 5 nitrogen and oxygen atoms in total. The van der Waals surface area contributed by atoms with Gasteiger partial charge in [0, 0.05) is 17.8 Å². The van der Waals surface area contributed by atoms with Crippen LogP contribution in [0.2, 0.25) is 0 Å². The Morgan fingerprint density at radius 2 is 1.52 bits per heavy atom. The number of hydrogen-bond donors (Lipinski definition) is 2. The number of rotatable bonds is 8. The van der Waals surface area contributed by atoms with Gasteiger partial charge in [-0.15, -0.1) is 0 Å². The Morgan fingerprint density at radius 3 is 2.00 bits per heavy atom. The van der Waals surface area contributed by atoms with Gasteiger partial charge < -0.3 is 15.5 Å². The molecule has 2 rings (SSSR count). The minimum absolute atomic E-state index is 0.0252. The number of likely N-dealkylation sites (N-methyl/N-ethyl adjacent to an activating group) is 1. The van der Waals surface area contributed by atoms with Crippen LogP contribution < -0.4 is 10.6 Å². The summed E-state index contributed by atoms with van der Waals surface area (Å²) >= 11 is 0. The highest BCUT2D eigenvalue weighted by atomic mass is 16.2. The lowest BCUT2D eigenvalue weighted by Gasteiger charge is -2.22. The summed E-state index contributed by atoms with van der Waals surface area (Å²) in [7, 11) is 4.10. The number of nitrogens with one attached hydrogen (secondary N) is 2. The van der Waals surface area contributed by atoms with Crippen molar-refractivity contribution in [1.82, 2.24) is 10.2 Å². The first-order chi connectivity index (χ1) is 14.5. The van der Waals surface area contributed by atoms with Gasteiger partial charge in [0.25, 0.3) is 5.91 Å². The Balaban J connectivity index is 2.02. The monoisotopic (exact) mass is 423 g/mol. The largest absolute Gasteiger partial charge is 0.340 e. The first-order valence-electron chi connectivity index (χ1n) is 10.9. The highest BCUT2D eigenvalue weighted by Gasteiger charge is 2.25. The third kappa shape index (κ3) is 7.51. The summed E-state index contributed by atoms with van der Waals surface area (Å²) in [4.78, 5) is 27.8. The lowest BCUT2D eigenvalue weighted by atomic mass is 9.86. The summed E-state index contributed by atoms with van der Waals surface area (Å²) in [5, 5.41) is 5.84. The molecular weight excluding hydrogens is 386 g/mol. The van der Waals surface area contributed by atoms with Crippen molar-refractivity contribution in [2.24, 2.45) is 5.92 Å². The van der Waals surface area contributed by atoms with Gasteiger partial charge in [-0.1, -0.05) is 58.9 Å². The van der Waals surface area contributed by atoms with E-state index in [0.717, 1.165) is 24.2 Å². The van der Waals surface area contributed by atoms with Crippen LogP contribution in [0.15, 0.2) is 48.5 Å². The number of carbonyl (C=O) groups is 2. The van der Waals surface area contributed by atoms with Crippen molar-refractivity contribution in [3.63, 3.8) is 0 Å². The van der Waals surface area contributed by atoms with Crippen LogP contribution in [-0.4, -0.2) is 43.4 Å². The molecule has 0 aliphatic carbocycles. The number of carbonyl (C=O) groups excluding carboxylic acids is 2.